The van der Waals surface area contributed by atoms with E-state index in [2.05, 4.69) is 8.37 Å². The van der Waals surface area contributed by atoms with Gasteiger partial charge in [-0.2, -0.15) is 25.6 Å². The van der Waals surface area contributed by atoms with Crippen molar-refractivity contribution >= 4 is 20.2 Å². The van der Waals surface area contributed by atoms with Crippen LogP contribution in [-0.4, -0.2) is 21.9 Å². The molecule has 0 N–H and O–H groups in total. The Hall–Kier alpha value is -2.34. The van der Waals surface area contributed by atoms with Crippen molar-refractivity contribution in [2.45, 2.75) is 0 Å². The van der Waals surface area contributed by atoms with Crippen molar-refractivity contribution in [2.24, 2.45) is 0 Å². The first-order valence-electron chi connectivity index (χ1n) is 6.23. The zero-order chi connectivity index (χ0) is 18.8. The van der Waals surface area contributed by atoms with Crippen LogP contribution in [0.4, 0.5) is 17.6 Å². The van der Waals surface area contributed by atoms with E-state index >= 15 is 0 Å². The first-order chi connectivity index (χ1) is 11.5. The molecule has 0 unspecified atom stereocenters. The predicted molar refractivity (Wildman–Crippen MR) is 76.7 cm³/mol. The largest absolute Gasteiger partial charge is 0.378 e. The standard InChI is InChI=1S/C13H8F4O6S2/c14-8-3-1-5-10(12(8)16)22-24(18,19)7-25(20,21)23-11-6-2-4-9(15)13(11)17/h1-6H,7H2. The third-order valence-electron chi connectivity index (χ3n) is 2.55. The topological polar surface area (TPSA) is 86.7 Å². The summed E-state index contributed by atoms with van der Waals surface area (Å²) in [6, 6.07) is 4.71. The molecule has 2 rings (SSSR count). The SMILES string of the molecule is O=S(=O)(CS(=O)(=O)Oc1cccc(F)c1F)Oc1cccc(F)c1F. The maximum atomic E-state index is 13.4. The van der Waals surface area contributed by atoms with Gasteiger partial charge in [0.05, 0.1) is 0 Å². The molecule has 0 aliphatic rings. The van der Waals surface area contributed by atoms with E-state index in [-0.39, 0.29) is 0 Å². The van der Waals surface area contributed by atoms with Gasteiger partial charge in [-0.15, -0.1) is 0 Å². The van der Waals surface area contributed by atoms with E-state index in [1.165, 1.54) is 0 Å². The molecule has 6 nitrogen and oxygen atoms in total. The van der Waals surface area contributed by atoms with Gasteiger partial charge in [0.15, 0.2) is 23.1 Å². The molecule has 0 saturated carbocycles. The Morgan fingerprint density at radius 3 is 1.40 bits per heavy atom. The van der Waals surface area contributed by atoms with Crippen LogP contribution in [-0.2, 0) is 20.2 Å². The van der Waals surface area contributed by atoms with Crippen LogP contribution in [0.3, 0.4) is 0 Å². The van der Waals surface area contributed by atoms with Crippen LogP contribution in [0.1, 0.15) is 0 Å². The molecule has 2 aromatic rings. The third kappa shape index (κ3) is 4.82. The Balaban J connectivity index is 2.21. The summed E-state index contributed by atoms with van der Waals surface area (Å²) in [4.78, 5) is 0. The molecule has 0 aliphatic carbocycles. The van der Waals surface area contributed by atoms with E-state index < -0.39 is 60.1 Å². The molecule has 0 heterocycles. The molecule has 0 aromatic heterocycles. The van der Waals surface area contributed by atoms with Gasteiger partial charge in [-0.25, -0.2) is 8.78 Å². The van der Waals surface area contributed by atoms with Crippen molar-refractivity contribution < 1.29 is 42.8 Å². The van der Waals surface area contributed by atoms with Gasteiger partial charge in [0.25, 0.3) is 0 Å². The van der Waals surface area contributed by atoms with Crippen molar-refractivity contribution in [1.82, 2.24) is 0 Å². The second-order valence-electron chi connectivity index (χ2n) is 4.50. The second-order valence-corrected chi connectivity index (χ2v) is 8.01. The molecule has 25 heavy (non-hydrogen) atoms. The normalized spacial score (nSPS) is 12.0. The summed E-state index contributed by atoms with van der Waals surface area (Å²) in [5.74, 6) is -8.30. The quantitative estimate of drug-likeness (QED) is 0.546. The highest BCUT2D eigenvalue weighted by molar-refractivity contribution is 8.04. The Kier molecular flexibility index (Phi) is 5.23. The van der Waals surface area contributed by atoms with E-state index in [1.54, 1.807) is 0 Å². The molecule has 0 bridgehead atoms. The summed E-state index contributed by atoms with van der Waals surface area (Å²) in [5, 5.41) is -1.86. The summed E-state index contributed by atoms with van der Waals surface area (Å²) in [6.07, 6.45) is 0. The van der Waals surface area contributed by atoms with Crippen molar-refractivity contribution in [3.63, 3.8) is 0 Å². The summed E-state index contributed by atoms with van der Waals surface area (Å²) >= 11 is 0. The van der Waals surface area contributed by atoms with Crippen molar-refractivity contribution in [1.29, 1.82) is 0 Å². The van der Waals surface area contributed by atoms with E-state index in [0.717, 1.165) is 24.3 Å². The lowest BCUT2D eigenvalue weighted by atomic mass is 10.3. The number of hydrogen-bond donors (Lipinski definition) is 0. The fourth-order valence-corrected chi connectivity index (χ4v) is 4.20. The van der Waals surface area contributed by atoms with Crippen molar-refractivity contribution in [3.05, 3.63) is 59.7 Å². The number of halogens is 4. The molecular formula is C13H8F4O6S2. The van der Waals surface area contributed by atoms with E-state index in [4.69, 9.17) is 0 Å². The molecule has 12 heteroatoms. The fourth-order valence-electron chi connectivity index (χ4n) is 1.60. The summed E-state index contributed by atoms with van der Waals surface area (Å²) in [7, 11) is -10.0. The first-order valence-corrected chi connectivity index (χ1v) is 9.38. The lowest BCUT2D eigenvalue weighted by Gasteiger charge is -2.10. The minimum Gasteiger partial charge on any atom is -0.378 e. The highest BCUT2D eigenvalue weighted by atomic mass is 32.3. The van der Waals surface area contributed by atoms with Gasteiger partial charge in [0.2, 0.25) is 16.7 Å². The lowest BCUT2D eigenvalue weighted by Crippen LogP contribution is -2.25. The zero-order valence-electron chi connectivity index (χ0n) is 11.9. The van der Waals surface area contributed by atoms with Crippen LogP contribution in [0, 0.1) is 23.3 Å². The van der Waals surface area contributed by atoms with Gasteiger partial charge in [-0.3, -0.25) is 0 Å². The Labute approximate surface area is 139 Å². The van der Waals surface area contributed by atoms with Gasteiger partial charge < -0.3 is 8.37 Å². The first kappa shape index (κ1) is 19.0. The Bertz CT molecular complexity index is 924. The van der Waals surface area contributed by atoms with Crippen LogP contribution in [0.5, 0.6) is 11.5 Å². The van der Waals surface area contributed by atoms with Gasteiger partial charge >= 0.3 is 20.2 Å². The smallest absolute Gasteiger partial charge is 0.327 e. The van der Waals surface area contributed by atoms with Crippen LogP contribution in [0.2, 0.25) is 0 Å². The van der Waals surface area contributed by atoms with Crippen molar-refractivity contribution in [3.8, 4) is 11.5 Å². The van der Waals surface area contributed by atoms with Gasteiger partial charge in [0, 0.05) is 0 Å². The van der Waals surface area contributed by atoms with Gasteiger partial charge in [-0.05, 0) is 24.3 Å². The maximum Gasteiger partial charge on any atom is 0.327 e. The van der Waals surface area contributed by atoms with Gasteiger partial charge in [-0.1, -0.05) is 12.1 Å². The van der Waals surface area contributed by atoms with Gasteiger partial charge in [0.1, 0.15) is 0 Å². The Morgan fingerprint density at radius 1 is 0.680 bits per heavy atom. The average Bonchev–Trinajstić information content (AvgIpc) is 2.47. The molecule has 0 saturated heterocycles. The van der Waals surface area contributed by atoms with Crippen molar-refractivity contribution in [2.75, 3.05) is 5.08 Å². The van der Waals surface area contributed by atoms with Crippen LogP contribution < -0.4 is 8.37 Å². The minimum absolute atomic E-state index is 0.682. The zero-order valence-corrected chi connectivity index (χ0v) is 13.6. The monoisotopic (exact) mass is 400 g/mol. The van der Waals surface area contributed by atoms with Crippen LogP contribution in [0.15, 0.2) is 36.4 Å². The molecule has 0 amide bonds. The highest BCUT2D eigenvalue weighted by Gasteiger charge is 2.29. The van der Waals surface area contributed by atoms with E-state index in [0.29, 0.717) is 12.1 Å². The number of rotatable bonds is 6. The number of hydrogen-bond acceptors (Lipinski definition) is 6. The van der Waals surface area contributed by atoms with Crippen LogP contribution in [0.25, 0.3) is 0 Å². The van der Waals surface area contributed by atoms with Crippen LogP contribution >= 0.6 is 0 Å². The molecule has 136 valence electrons. The lowest BCUT2D eigenvalue weighted by molar-refractivity contribution is 0.430. The molecule has 2 aromatic carbocycles. The molecule has 0 spiro atoms. The molecule has 0 fully saturated rings. The summed E-state index contributed by atoms with van der Waals surface area (Å²) in [5.41, 5.74) is 0. The molecule has 0 radical (unpaired) electrons. The fraction of sp³-hybridized carbons (Fsp3) is 0.0769. The van der Waals surface area contributed by atoms with E-state index in [1.807, 2.05) is 0 Å². The highest BCUT2D eigenvalue weighted by Crippen LogP contribution is 2.23. The average molecular weight is 400 g/mol. The molecule has 0 aliphatic heterocycles. The minimum atomic E-state index is -5.01. The van der Waals surface area contributed by atoms with E-state index in [9.17, 15) is 34.4 Å². The molecular weight excluding hydrogens is 392 g/mol. The maximum absolute atomic E-state index is 13.4. The summed E-state index contributed by atoms with van der Waals surface area (Å²) in [6.45, 7) is 0. The summed E-state index contributed by atoms with van der Waals surface area (Å²) < 4.78 is 108. The molecule has 0 atom stereocenters. The third-order valence-corrected chi connectivity index (χ3v) is 5.73. The Morgan fingerprint density at radius 2 is 1.04 bits per heavy atom. The predicted octanol–water partition coefficient (Wildman–Crippen LogP) is 2.32. The number of benzene rings is 2. The second kappa shape index (κ2) is 6.88.